The molecular weight excluding hydrogens is 412 g/mol. The van der Waals surface area contributed by atoms with E-state index in [1.165, 1.54) is 9.47 Å². The monoisotopic (exact) mass is 446 g/mol. The lowest BCUT2D eigenvalue weighted by Gasteiger charge is -2.27. The number of carbonyl (C=O) groups is 1. The minimum absolute atomic E-state index is 0.00584. The summed E-state index contributed by atoms with van der Waals surface area (Å²) in [7, 11) is 1.57. The maximum atomic E-state index is 13.4. The number of aromatic nitrogens is 2. The summed E-state index contributed by atoms with van der Waals surface area (Å²) in [5.41, 5.74) is 4.99. The molecule has 9 nitrogen and oxygen atoms in total. The minimum Gasteiger partial charge on any atom is -0.497 e. The highest BCUT2D eigenvalue weighted by Gasteiger charge is 2.28. The van der Waals surface area contributed by atoms with Crippen molar-refractivity contribution >= 4 is 17.4 Å². The van der Waals surface area contributed by atoms with Crippen LogP contribution in [0.3, 0.4) is 0 Å². The van der Waals surface area contributed by atoms with Crippen molar-refractivity contribution in [2.45, 2.75) is 65.5 Å². The van der Waals surface area contributed by atoms with E-state index in [0.29, 0.717) is 31.0 Å². The Bertz CT molecular complexity index is 997. The van der Waals surface area contributed by atoms with E-state index in [4.69, 9.17) is 15.2 Å². The second-order valence-corrected chi connectivity index (χ2v) is 7.63. The number of nitrogen functional groups attached to an aromatic ring is 1. The molecule has 176 valence electrons. The number of methoxy groups -OCH3 is 1. The van der Waals surface area contributed by atoms with Gasteiger partial charge in [0.05, 0.1) is 7.11 Å². The zero-order chi connectivity index (χ0) is 23.7. The van der Waals surface area contributed by atoms with Gasteiger partial charge in [0.15, 0.2) is 11.8 Å². The molecular formula is C23H34N4O5. The number of carbonyl (C=O) groups excluding carboxylic acids is 1. The van der Waals surface area contributed by atoms with Gasteiger partial charge in [-0.2, -0.15) is 0 Å². The van der Waals surface area contributed by atoms with Gasteiger partial charge in [0.25, 0.3) is 11.5 Å². The molecule has 0 saturated heterocycles. The maximum Gasteiger partial charge on any atom is 0.330 e. The average Bonchev–Trinajstić information content (AvgIpc) is 2.77. The molecule has 0 bridgehead atoms. The molecule has 9 heteroatoms. The van der Waals surface area contributed by atoms with Gasteiger partial charge in [-0.1, -0.05) is 33.1 Å². The lowest BCUT2D eigenvalue weighted by atomic mass is 10.2. The van der Waals surface area contributed by atoms with Gasteiger partial charge >= 0.3 is 5.69 Å². The van der Waals surface area contributed by atoms with E-state index in [2.05, 4.69) is 4.98 Å². The second kappa shape index (κ2) is 12.0. The number of hydrogen-bond acceptors (Lipinski definition) is 6. The van der Waals surface area contributed by atoms with Crippen LogP contribution in [0.4, 0.5) is 11.5 Å². The molecule has 3 N–H and O–H groups in total. The summed E-state index contributed by atoms with van der Waals surface area (Å²) in [4.78, 5) is 42.0. The molecule has 1 heterocycles. The van der Waals surface area contributed by atoms with Crippen LogP contribution in [0.1, 0.15) is 52.9 Å². The van der Waals surface area contributed by atoms with E-state index in [1.807, 2.05) is 13.8 Å². The summed E-state index contributed by atoms with van der Waals surface area (Å²) in [5.74, 6) is 0.754. The molecule has 2 aromatic rings. The van der Waals surface area contributed by atoms with E-state index in [9.17, 15) is 14.4 Å². The summed E-state index contributed by atoms with van der Waals surface area (Å²) in [6, 6.07) is 6.88. The molecule has 0 spiro atoms. The Morgan fingerprint density at radius 3 is 2.31 bits per heavy atom. The summed E-state index contributed by atoms with van der Waals surface area (Å²) < 4.78 is 12.3. The van der Waals surface area contributed by atoms with Crippen molar-refractivity contribution in [1.29, 1.82) is 0 Å². The van der Waals surface area contributed by atoms with Crippen LogP contribution in [-0.2, 0) is 11.3 Å². The number of unbranched alkanes of at least 4 members (excludes halogenated alkanes) is 3. The van der Waals surface area contributed by atoms with E-state index >= 15 is 0 Å². The smallest absolute Gasteiger partial charge is 0.330 e. The van der Waals surface area contributed by atoms with Crippen LogP contribution in [0, 0.1) is 0 Å². The van der Waals surface area contributed by atoms with Crippen molar-refractivity contribution in [3.63, 3.8) is 0 Å². The first-order valence-corrected chi connectivity index (χ1v) is 11.1. The molecule has 0 radical (unpaired) electrons. The molecule has 1 unspecified atom stereocenters. The van der Waals surface area contributed by atoms with Gasteiger partial charge in [0.2, 0.25) is 0 Å². The first-order valence-electron chi connectivity index (χ1n) is 11.1. The Labute approximate surface area is 188 Å². The topological polar surface area (TPSA) is 120 Å². The third-order valence-electron chi connectivity index (χ3n) is 5.19. The SMILES string of the molecule is CCCCCN(C(=O)C(C)Oc1ccc(OC)cc1)c1c(N)n(CCCC)c(=O)[nH]c1=O. The fourth-order valence-corrected chi connectivity index (χ4v) is 3.36. The van der Waals surface area contributed by atoms with Crippen molar-refractivity contribution in [3.8, 4) is 11.5 Å². The third kappa shape index (κ3) is 6.15. The molecule has 0 saturated carbocycles. The zero-order valence-electron chi connectivity index (χ0n) is 19.3. The van der Waals surface area contributed by atoms with Crippen molar-refractivity contribution in [1.82, 2.24) is 9.55 Å². The number of ether oxygens (including phenoxy) is 2. The number of amides is 1. The summed E-state index contributed by atoms with van der Waals surface area (Å²) in [5, 5.41) is 0. The number of nitrogens with zero attached hydrogens (tertiary/aromatic N) is 2. The highest BCUT2D eigenvalue weighted by molar-refractivity contribution is 5.98. The Kier molecular flexibility index (Phi) is 9.37. The predicted octanol–water partition coefficient (Wildman–Crippen LogP) is 2.92. The van der Waals surface area contributed by atoms with Crippen LogP contribution < -0.4 is 31.4 Å². The van der Waals surface area contributed by atoms with Gasteiger partial charge in [0.1, 0.15) is 17.3 Å². The molecule has 1 aromatic carbocycles. The van der Waals surface area contributed by atoms with Crippen molar-refractivity contribution in [2.24, 2.45) is 0 Å². The molecule has 2 rings (SSSR count). The standard InChI is InChI=1S/C23H34N4O5/c1-5-7-9-15-26(19-20(24)27(14-8-6-2)23(30)25-21(19)28)22(29)16(3)32-18-12-10-17(31-4)11-13-18/h10-13,16H,5-9,14-15,24H2,1-4H3,(H,25,28,30). The number of rotatable bonds is 12. The molecule has 1 aromatic heterocycles. The third-order valence-corrected chi connectivity index (χ3v) is 5.19. The quantitative estimate of drug-likeness (QED) is 0.484. The van der Waals surface area contributed by atoms with Gasteiger partial charge < -0.3 is 20.1 Å². The van der Waals surface area contributed by atoms with E-state index < -0.39 is 23.3 Å². The maximum absolute atomic E-state index is 13.4. The zero-order valence-corrected chi connectivity index (χ0v) is 19.3. The number of anilines is 2. The van der Waals surface area contributed by atoms with Crippen LogP contribution in [0.25, 0.3) is 0 Å². The van der Waals surface area contributed by atoms with E-state index in [0.717, 1.165) is 25.7 Å². The van der Waals surface area contributed by atoms with Crippen LogP contribution in [0.2, 0.25) is 0 Å². The van der Waals surface area contributed by atoms with E-state index in [-0.39, 0.29) is 11.5 Å². The Balaban J connectivity index is 2.38. The van der Waals surface area contributed by atoms with Crippen molar-refractivity contribution in [3.05, 3.63) is 45.1 Å². The molecule has 0 aliphatic heterocycles. The molecule has 0 fully saturated rings. The number of H-pyrrole nitrogens is 1. The fraction of sp³-hybridized carbons (Fsp3) is 0.522. The van der Waals surface area contributed by atoms with Crippen molar-refractivity contribution < 1.29 is 14.3 Å². The van der Waals surface area contributed by atoms with Crippen molar-refractivity contribution in [2.75, 3.05) is 24.3 Å². The predicted molar refractivity (Wildman–Crippen MR) is 126 cm³/mol. The summed E-state index contributed by atoms with van der Waals surface area (Å²) in [6.45, 7) is 6.32. The van der Waals surface area contributed by atoms with Gasteiger partial charge in [-0.3, -0.25) is 19.1 Å². The molecule has 0 aliphatic rings. The van der Waals surface area contributed by atoms with Crippen LogP contribution in [-0.4, -0.2) is 35.2 Å². The Morgan fingerprint density at radius 1 is 1.09 bits per heavy atom. The van der Waals surface area contributed by atoms with Gasteiger partial charge in [0, 0.05) is 13.1 Å². The number of benzene rings is 1. The Morgan fingerprint density at radius 2 is 1.72 bits per heavy atom. The molecule has 32 heavy (non-hydrogen) atoms. The minimum atomic E-state index is -0.875. The molecule has 1 amide bonds. The first kappa shape index (κ1) is 25.0. The van der Waals surface area contributed by atoms with Crippen LogP contribution in [0.15, 0.2) is 33.9 Å². The van der Waals surface area contributed by atoms with Gasteiger partial charge in [-0.05, 0) is 44.0 Å². The van der Waals surface area contributed by atoms with Gasteiger partial charge in [-0.15, -0.1) is 0 Å². The second-order valence-electron chi connectivity index (χ2n) is 7.63. The normalized spacial score (nSPS) is 11.8. The highest BCUT2D eigenvalue weighted by atomic mass is 16.5. The lowest BCUT2D eigenvalue weighted by Crippen LogP contribution is -2.46. The summed E-state index contributed by atoms with van der Waals surface area (Å²) in [6.07, 6.45) is 3.21. The largest absolute Gasteiger partial charge is 0.497 e. The fourth-order valence-electron chi connectivity index (χ4n) is 3.36. The molecule has 1 atom stereocenters. The summed E-state index contributed by atoms with van der Waals surface area (Å²) >= 11 is 0. The highest BCUT2D eigenvalue weighted by Crippen LogP contribution is 2.22. The Hall–Kier alpha value is -3.23. The van der Waals surface area contributed by atoms with Crippen LogP contribution in [0.5, 0.6) is 11.5 Å². The number of aromatic amines is 1. The van der Waals surface area contributed by atoms with Crippen LogP contribution >= 0.6 is 0 Å². The lowest BCUT2D eigenvalue weighted by molar-refractivity contribution is -0.124. The average molecular weight is 447 g/mol. The van der Waals surface area contributed by atoms with Gasteiger partial charge in [-0.25, -0.2) is 4.79 Å². The first-order chi connectivity index (χ1) is 15.3. The number of nitrogens with one attached hydrogen (secondary N) is 1. The number of hydrogen-bond donors (Lipinski definition) is 2. The molecule has 0 aliphatic carbocycles. The van der Waals surface area contributed by atoms with E-state index in [1.54, 1.807) is 38.3 Å². The number of nitrogens with two attached hydrogens (primary N) is 1.